The summed E-state index contributed by atoms with van der Waals surface area (Å²) in [7, 11) is 0. The summed E-state index contributed by atoms with van der Waals surface area (Å²) in [4.78, 5) is 46.2. The number of carbonyl (C=O) groups excluding carboxylic acids is 3. The summed E-state index contributed by atoms with van der Waals surface area (Å²) < 4.78 is 0. The van der Waals surface area contributed by atoms with Gasteiger partial charge in [-0.25, -0.2) is 4.98 Å². The molecule has 3 amide bonds. The van der Waals surface area contributed by atoms with E-state index in [9.17, 15) is 14.4 Å². The van der Waals surface area contributed by atoms with Crippen molar-refractivity contribution in [2.45, 2.75) is 77.3 Å². The molecule has 0 bridgehead atoms. The van der Waals surface area contributed by atoms with Crippen LogP contribution in [0.5, 0.6) is 0 Å². The quantitative estimate of drug-likeness (QED) is 0.289. The van der Waals surface area contributed by atoms with Gasteiger partial charge in [-0.2, -0.15) is 0 Å². The van der Waals surface area contributed by atoms with Crippen LogP contribution in [0.15, 0.2) is 66.9 Å². The molecule has 1 saturated carbocycles. The number of hydrogen-bond acceptors (Lipinski definition) is 4. The Labute approximate surface area is 241 Å². The molecule has 1 fully saturated rings. The third-order valence-electron chi connectivity index (χ3n) is 7.47. The number of aryl methyl sites for hydroxylation is 1. The molecule has 0 saturated heterocycles. The minimum Gasteiger partial charge on any atom is -0.351 e. The number of aromatic nitrogens is 1. The van der Waals surface area contributed by atoms with E-state index in [-0.39, 0.29) is 36.6 Å². The highest BCUT2D eigenvalue weighted by Crippen LogP contribution is 2.34. The molecule has 210 valence electrons. The fourth-order valence-corrected chi connectivity index (χ4v) is 5.29. The Bertz CT molecular complexity index is 1310. The molecule has 0 radical (unpaired) electrons. The molecule has 0 unspecified atom stereocenters. The summed E-state index contributed by atoms with van der Waals surface area (Å²) in [6, 6.07) is 17.4. The summed E-state index contributed by atoms with van der Waals surface area (Å²) in [6.07, 6.45) is 7.39. The standard InChI is InChI=1S/C32H37ClN4O3/c1-22-10-8-13-27(23(22)2)37(30(39)16-9-15-29(38)36-28-14-6-7-21-34-28)31(24-17-19-25(33)20-18-24)32(40)35-26-11-4-3-5-12-26/h6-8,10,13-14,17-21,26,31H,3-5,9,11-12,15-16H2,1-2H3,(H,35,40)(H,34,36,38)/t31-/m1/s1. The Morgan fingerprint density at radius 3 is 2.40 bits per heavy atom. The maximum Gasteiger partial charge on any atom is 0.248 e. The molecule has 1 aliphatic rings. The van der Waals surface area contributed by atoms with E-state index in [1.54, 1.807) is 53.6 Å². The van der Waals surface area contributed by atoms with Gasteiger partial charge in [0.05, 0.1) is 0 Å². The van der Waals surface area contributed by atoms with Crippen LogP contribution in [0.1, 0.15) is 74.1 Å². The maximum atomic E-state index is 14.0. The first-order chi connectivity index (χ1) is 19.3. The van der Waals surface area contributed by atoms with Crippen LogP contribution in [0.4, 0.5) is 11.5 Å². The van der Waals surface area contributed by atoms with E-state index >= 15 is 0 Å². The zero-order chi connectivity index (χ0) is 28.5. The van der Waals surface area contributed by atoms with Gasteiger partial charge < -0.3 is 10.6 Å². The summed E-state index contributed by atoms with van der Waals surface area (Å²) in [5.74, 6) is -0.179. The maximum absolute atomic E-state index is 14.0. The molecule has 2 aromatic carbocycles. The van der Waals surface area contributed by atoms with E-state index in [0.717, 1.165) is 36.8 Å². The first-order valence-corrected chi connectivity index (χ1v) is 14.4. The molecule has 1 aromatic heterocycles. The van der Waals surface area contributed by atoms with Crippen molar-refractivity contribution in [1.82, 2.24) is 10.3 Å². The van der Waals surface area contributed by atoms with Crippen LogP contribution < -0.4 is 15.5 Å². The molecule has 4 rings (SSSR count). The van der Waals surface area contributed by atoms with Crippen molar-refractivity contribution in [2.24, 2.45) is 0 Å². The second kappa shape index (κ2) is 14.1. The number of halogens is 1. The Morgan fingerprint density at radius 2 is 1.70 bits per heavy atom. The predicted octanol–water partition coefficient (Wildman–Crippen LogP) is 6.68. The predicted molar refractivity (Wildman–Crippen MR) is 159 cm³/mol. The topological polar surface area (TPSA) is 91.4 Å². The molecule has 1 heterocycles. The van der Waals surface area contributed by atoms with Crippen molar-refractivity contribution in [1.29, 1.82) is 0 Å². The Morgan fingerprint density at radius 1 is 0.950 bits per heavy atom. The van der Waals surface area contributed by atoms with Gasteiger partial charge in [0.1, 0.15) is 11.9 Å². The van der Waals surface area contributed by atoms with Crippen LogP contribution in [0.2, 0.25) is 5.02 Å². The number of amides is 3. The summed E-state index contributed by atoms with van der Waals surface area (Å²) in [6.45, 7) is 3.95. The lowest BCUT2D eigenvalue weighted by molar-refractivity contribution is -0.127. The van der Waals surface area contributed by atoms with E-state index < -0.39 is 6.04 Å². The molecule has 3 aromatic rings. The SMILES string of the molecule is Cc1cccc(N(C(=O)CCCC(=O)Nc2ccccn2)[C@@H](C(=O)NC2CCCCC2)c2ccc(Cl)cc2)c1C. The average molecular weight is 561 g/mol. The molecule has 2 N–H and O–H groups in total. The zero-order valence-corrected chi connectivity index (χ0v) is 23.9. The van der Waals surface area contributed by atoms with Crippen LogP contribution in [-0.2, 0) is 14.4 Å². The number of pyridine rings is 1. The van der Waals surface area contributed by atoms with Crippen molar-refractivity contribution in [3.8, 4) is 0 Å². The number of carbonyl (C=O) groups is 3. The van der Waals surface area contributed by atoms with Gasteiger partial charge in [0.25, 0.3) is 0 Å². The normalized spacial score (nSPS) is 14.3. The van der Waals surface area contributed by atoms with Gasteiger partial charge in [-0.15, -0.1) is 0 Å². The van der Waals surface area contributed by atoms with Crippen LogP contribution in [-0.4, -0.2) is 28.7 Å². The van der Waals surface area contributed by atoms with Crippen LogP contribution in [0, 0.1) is 13.8 Å². The summed E-state index contributed by atoms with van der Waals surface area (Å²) >= 11 is 6.19. The smallest absolute Gasteiger partial charge is 0.248 e. The third kappa shape index (κ3) is 7.69. The van der Waals surface area contributed by atoms with Gasteiger partial charge in [-0.05, 0) is 80.1 Å². The number of hydrogen-bond donors (Lipinski definition) is 2. The minimum atomic E-state index is -0.880. The summed E-state index contributed by atoms with van der Waals surface area (Å²) in [5.41, 5.74) is 3.31. The number of benzene rings is 2. The van der Waals surface area contributed by atoms with Crippen molar-refractivity contribution < 1.29 is 14.4 Å². The van der Waals surface area contributed by atoms with E-state index in [1.807, 2.05) is 32.0 Å². The van der Waals surface area contributed by atoms with Gasteiger partial charge in [0.2, 0.25) is 17.7 Å². The Hall–Kier alpha value is -3.71. The number of nitrogens with one attached hydrogen (secondary N) is 2. The van der Waals surface area contributed by atoms with Gasteiger partial charge in [0.15, 0.2) is 0 Å². The van der Waals surface area contributed by atoms with Crippen LogP contribution in [0.25, 0.3) is 0 Å². The van der Waals surface area contributed by atoms with E-state index in [4.69, 9.17) is 11.6 Å². The monoisotopic (exact) mass is 560 g/mol. The molecule has 8 heteroatoms. The van der Waals surface area contributed by atoms with Gasteiger partial charge in [0, 0.05) is 35.8 Å². The summed E-state index contributed by atoms with van der Waals surface area (Å²) in [5, 5.41) is 6.55. The average Bonchev–Trinajstić information content (AvgIpc) is 2.95. The van der Waals surface area contributed by atoms with Crippen molar-refractivity contribution >= 4 is 40.8 Å². The fraction of sp³-hybridized carbons (Fsp3) is 0.375. The fourth-order valence-electron chi connectivity index (χ4n) is 5.17. The Balaban J connectivity index is 1.61. The van der Waals surface area contributed by atoms with E-state index in [2.05, 4.69) is 15.6 Å². The number of nitrogens with zero attached hydrogens (tertiary/aromatic N) is 2. The molecule has 7 nitrogen and oxygen atoms in total. The highest BCUT2D eigenvalue weighted by molar-refractivity contribution is 6.30. The first kappa shape index (κ1) is 29.3. The molecule has 0 spiro atoms. The van der Waals surface area contributed by atoms with Crippen LogP contribution >= 0.6 is 11.6 Å². The van der Waals surface area contributed by atoms with Crippen molar-refractivity contribution in [3.63, 3.8) is 0 Å². The van der Waals surface area contributed by atoms with Crippen LogP contribution in [0.3, 0.4) is 0 Å². The zero-order valence-electron chi connectivity index (χ0n) is 23.2. The lowest BCUT2D eigenvalue weighted by Crippen LogP contribution is -2.47. The molecular formula is C32H37ClN4O3. The second-order valence-corrected chi connectivity index (χ2v) is 10.8. The van der Waals surface area contributed by atoms with Crippen molar-refractivity contribution in [2.75, 3.05) is 10.2 Å². The first-order valence-electron chi connectivity index (χ1n) is 14.0. The minimum absolute atomic E-state index is 0.0851. The third-order valence-corrected chi connectivity index (χ3v) is 7.73. The van der Waals surface area contributed by atoms with Gasteiger partial charge in [-0.3, -0.25) is 19.3 Å². The highest BCUT2D eigenvalue weighted by Gasteiger charge is 2.34. The van der Waals surface area contributed by atoms with Gasteiger partial charge >= 0.3 is 0 Å². The number of rotatable bonds is 10. The lowest BCUT2D eigenvalue weighted by atomic mass is 9.94. The van der Waals surface area contributed by atoms with E-state index in [0.29, 0.717) is 28.5 Å². The molecule has 1 atom stereocenters. The van der Waals surface area contributed by atoms with Crippen molar-refractivity contribution in [3.05, 3.63) is 88.6 Å². The Kier molecular flexibility index (Phi) is 10.3. The number of anilines is 2. The second-order valence-electron chi connectivity index (χ2n) is 10.4. The highest BCUT2D eigenvalue weighted by atomic mass is 35.5. The largest absolute Gasteiger partial charge is 0.351 e. The lowest BCUT2D eigenvalue weighted by Gasteiger charge is -2.34. The van der Waals surface area contributed by atoms with E-state index in [1.165, 1.54) is 6.42 Å². The van der Waals surface area contributed by atoms with Gasteiger partial charge in [-0.1, -0.05) is 61.2 Å². The molecule has 1 aliphatic carbocycles. The molecular weight excluding hydrogens is 524 g/mol. The molecule has 40 heavy (non-hydrogen) atoms. The molecule has 0 aliphatic heterocycles.